The van der Waals surface area contributed by atoms with E-state index in [0.29, 0.717) is 12.6 Å². The zero-order chi connectivity index (χ0) is 18.3. The van der Waals surface area contributed by atoms with Crippen molar-refractivity contribution in [1.29, 1.82) is 0 Å². The monoisotopic (exact) mass is 374 g/mol. The van der Waals surface area contributed by atoms with Crippen LogP contribution in [0, 0.1) is 14.9 Å². The summed E-state index contributed by atoms with van der Waals surface area (Å²) < 4.78 is 4.76. The standard InChI is InChI=1S/C17H22N6O2S/c1-19-16(13-2-3-13)18-22(17(19)26)12-20-8-10-21(11-9-20)14-4-6-15(7-5-14)23(24)25/h4-7,13H,2-3,8-12H2,1H3. The number of rotatable bonds is 5. The molecule has 1 aliphatic heterocycles. The second-order valence-electron chi connectivity index (χ2n) is 6.99. The number of piperazine rings is 1. The molecule has 0 N–H and O–H groups in total. The summed E-state index contributed by atoms with van der Waals surface area (Å²) in [4.78, 5) is 15.0. The van der Waals surface area contributed by atoms with Gasteiger partial charge in [-0.05, 0) is 37.2 Å². The van der Waals surface area contributed by atoms with Crippen molar-refractivity contribution in [3.05, 3.63) is 45.0 Å². The molecule has 0 atom stereocenters. The van der Waals surface area contributed by atoms with Gasteiger partial charge in [0.05, 0.1) is 11.6 Å². The van der Waals surface area contributed by atoms with Crippen LogP contribution in [0.1, 0.15) is 24.6 Å². The predicted molar refractivity (Wildman–Crippen MR) is 101 cm³/mol. The molecule has 9 heteroatoms. The van der Waals surface area contributed by atoms with Gasteiger partial charge in [0.15, 0.2) is 4.77 Å². The van der Waals surface area contributed by atoms with Crippen LogP contribution in [0.3, 0.4) is 0 Å². The van der Waals surface area contributed by atoms with Gasteiger partial charge in [-0.25, -0.2) is 4.68 Å². The maximum atomic E-state index is 10.8. The van der Waals surface area contributed by atoms with E-state index in [1.807, 2.05) is 28.4 Å². The lowest BCUT2D eigenvalue weighted by atomic mass is 10.2. The largest absolute Gasteiger partial charge is 0.369 e. The third-order valence-corrected chi connectivity index (χ3v) is 5.63. The lowest BCUT2D eigenvalue weighted by Crippen LogP contribution is -2.47. The van der Waals surface area contributed by atoms with Crippen molar-refractivity contribution in [2.75, 3.05) is 31.1 Å². The molecule has 0 bridgehead atoms. The Morgan fingerprint density at radius 3 is 2.42 bits per heavy atom. The number of nitro benzene ring substituents is 1. The number of anilines is 1. The van der Waals surface area contributed by atoms with Crippen molar-refractivity contribution >= 4 is 23.6 Å². The quantitative estimate of drug-likeness (QED) is 0.455. The van der Waals surface area contributed by atoms with Gasteiger partial charge in [0.2, 0.25) is 0 Å². The minimum absolute atomic E-state index is 0.128. The summed E-state index contributed by atoms with van der Waals surface area (Å²) in [6.07, 6.45) is 2.43. The van der Waals surface area contributed by atoms with Gasteiger partial charge in [0.1, 0.15) is 5.82 Å². The number of nitro groups is 1. The number of benzene rings is 1. The maximum absolute atomic E-state index is 10.8. The van der Waals surface area contributed by atoms with E-state index in [0.717, 1.165) is 42.5 Å². The molecule has 2 aliphatic rings. The van der Waals surface area contributed by atoms with Crippen LogP contribution in [-0.4, -0.2) is 50.3 Å². The SMILES string of the molecule is Cn1c(C2CC2)nn(CN2CCN(c3ccc([N+](=O)[O-])cc3)CC2)c1=S. The van der Waals surface area contributed by atoms with Crippen LogP contribution in [0.15, 0.2) is 24.3 Å². The Kier molecular flexibility index (Phi) is 4.49. The Labute approximate surface area is 156 Å². The number of aromatic nitrogens is 3. The fourth-order valence-corrected chi connectivity index (χ4v) is 3.61. The van der Waals surface area contributed by atoms with Gasteiger partial charge >= 0.3 is 0 Å². The minimum Gasteiger partial charge on any atom is -0.369 e. The topological polar surface area (TPSA) is 72.4 Å². The van der Waals surface area contributed by atoms with E-state index in [1.165, 1.54) is 12.8 Å². The molecule has 0 amide bonds. The molecule has 2 heterocycles. The molecular weight excluding hydrogens is 352 g/mol. The van der Waals surface area contributed by atoms with Crippen LogP contribution in [0.5, 0.6) is 0 Å². The zero-order valence-corrected chi connectivity index (χ0v) is 15.6. The normalized spacial score (nSPS) is 18.3. The molecule has 1 saturated carbocycles. The molecule has 1 aliphatic carbocycles. The highest BCUT2D eigenvalue weighted by atomic mass is 32.1. The van der Waals surface area contributed by atoms with Gasteiger partial charge in [-0.3, -0.25) is 15.0 Å². The zero-order valence-electron chi connectivity index (χ0n) is 14.7. The Hall–Kier alpha value is -2.26. The van der Waals surface area contributed by atoms with Crippen LogP contribution < -0.4 is 4.90 Å². The highest BCUT2D eigenvalue weighted by Crippen LogP contribution is 2.38. The predicted octanol–water partition coefficient (Wildman–Crippen LogP) is 2.52. The lowest BCUT2D eigenvalue weighted by molar-refractivity contribution is -0.384. The Bertz CT molecular complexity index is 862. The van der Waals surface area contributed by atoms with Gasteiger partial charge in [-0.1, -0.05) is 0 Å². The summed E-state index contributed by atoms with van der Waals surface area (Å²) in [6, 6.07) is 6.78. The molecule has 0 radical (unpaired) electrons. The van der Waals surface area contributed by atoms with Gasteiger partial charge in [0.25, 0.3) is 5.69 Å². The number of hydrogen-bond acceptors (Lipinski definition) is 6. The number of nitrogens with zero attached hydrogens (tertiary/aromatic N) is 6. The first-order valence-corrected chi connectivity index (χ1v) is 9.29. The van der Waals surface area contributed by atoms with Crippen molar-refractivity contribution in [2.45, 2.75) is 25.4 Å². The minimum atomic E-state index is -0.367. The van der Waals surface area contributed by atoms with Gasteiger partial charge < -0.3 is 9.47 Å². The maximum Gasteiger partial charge on any atom is 0.269 e. The summed E-state index contributed by atoms with van der Waals surface area (Å²) in [5.41, 5.74) is 1.16. The summed E-state index contributed by atoms with van der Waals surface area (Å²) in [5, 5.41) is 15.5. The molecule has 138 valence electrons. The third kappa shape index (κ3) is 3.36. The molecule has 8 nitrogen and oxygen atoms in total. The lowest BCUT2D eigenvalue weighted by Gasteiger charge is -2.35. The van der Waals surface area contributed by atoms with E-state index in [4.69, 9.17) is 17.3 Å². The highest BCUT2D eigenvalue weighted by molar-refractivity contribution is 7.71. The second-order valence-corrected chi connectivity index (χ2v) is 7.36. The van der Waals surface area contributed by atoms with E-state index < -0.39 is 0 Å². The van der Waals surface area contributed by atoms with E-state index >= 15 is 0 Å². The first-order chi connectivity index (χ1) is 12.5. The van der Waals surface area contributed by atoms with E-state index in [9.17, 15) is 10.1 Å². The van der Waals surface area contributed by atoms with Gasteiger partial charge in [0, 0.05) is 57.0 Å². The molecule has 1 saturated heterocycles. The molecule has 26 heavy (non-hydrogen) atoms. The number of non-ortho nitro benzene ring substituents is 1. The van der Waals surface area contributed by atoms with Crippen molar-refractivity contribution in [3.8, 4) is 0 Å². The van der Waals surface area contributed by atoms with Crippen LogP contribution in [0.25, 0.3) is 0 Å². The first-order valence-electron chi connectivity index (χ1n) is 8.88. The van der Waals surface area contributed by atoms with E-state index in [-0.39, 0.29) is 10.6 Å². The molecule has 2 fully saturated rings. The van der Waals surface area contributed by atoms with Gasteiger partial charge in [-0.15, -0.1) is 0 Å². The van der Waals surface area contributed by atoms with E-state index in [2.05, 4.69) is 9.80 Å². The molecule has 4 rings (SSSR count). The summed E-state index contributed by atoms with van der Waals surface area (Å²) in [6.45, 7) is 4.30. The first kappa shape index (κ1) is 17.2. The molecule has 2 aromatic rings. The molecule has 1 aromatic carbocycles. The van der Waals surface area contributed by atoms with Crippen LogP contribution in [0.4, 0.5) is 11.4 Å². The highest BCUT2D eigenvalue weighted by Gasteiger charge is 2.29. The Morgan fingerprint density at radius 2 is 1.85 bits per heavy atom. The second kappa shape index (κ2) is 6.81. The molecule has 0 spiro atoms. The fourth-order valence-electron chi connectivity index (χ4n) is 3.42. The number of hydrogen-bond donors (Lipinski definition) is 0. The van der Waals surface area contributed by atoms with Crippen molar-refractivity contribution in [1.82, 2.24) is 19.2 Å². The summed E-state index contributed by atoms with van der Waals surface area (Å²) in [5.74, 6) is 1.70. The molecule has 0 unspecified atom stereocenters. The van der Waals surface area contributed by atoms with Crippen LogP contribution in [-0.2, 0) is 13.7 Å². The van der Waals surface area contributed by atoms with Crippen molar-refractivity contribution < 1.29 is 4.92 Å². The average molecular weight is 374 g/mol. The molecular formula is C17H22N6O2S. The fraction of sp³-hybridized carbons (Fsp3) is 0.529. The van der Waals surface area contributed by atoms with Gasteiger partial charge in [-0.2, -0.15) is 5.10 Å². The van der Waals surface area contributed by atoms with Crippen molar-refractivity contribution in [3.63, 3.8) is 0 Å². The van der Waals surface area contributed by atoms with Crippen LogP contribution >= 0.6 is 12.2 Å². The Morgan fingerprint density at radius 1 is 1.19 bits per heavy atom. The summed E-state index contributed by atoms with van der Waals surface area (Å²) in [7, 11) is 2.01. The van der Waals surface area contributed by atoms with Crippen molar-refractivity contribution in [2.24, 2.45) is 7.05 Å². The average Bonchev–Trinajstić information content (AvgIpc) is 3.45. The smallest absolute Gasteiger partial charge is 0.269 e. The Balaban J connectivity index is 1.37. The van der Waals surface area contributed by atoms with Crippen LogP contribution in [0.2, 0.25) is 0 Å². The van der Waals surface area contributed by atoms with E-state index in [1.54, 1.807) is 12.1 Å². The third-order valence-electron chi connectivity index (χ3n) is 5.15. The summed E-state index contributed by atoms with van der Waals surface area (Å²) >= 11 is 5.53. The molecule has 1 aromatic heterocycles.